The van der Waals surface area contributed by atoms with Crippen molar-refractivity contribution in [3.05, 3.63) is 12.2 Å². The van der Waals surface area contributed by atoms with Crippen molar-refractivity contribution in [1.29, 1.82) is 0 Å². The maximum Gasteiger partial charge on any atom is 0.0700 e. The molecule has 1 heterocycles. The molecule has 1 saturated heterocycles. The fourth-order valence-electron chi connectivity index (χ4n) is 3.36. The molecule has 0 radical (unpaired) electrons. The zero-order chi connectivity index (χ0) is 10.1. The lowest BCUT2D eigenvalue weighted by Crippen LogP contribution is -2.31. The standard InChI is InChI=1S/C13H21NO/c1-2-13(15-5-1)9-14-8-12-7-10-3-4-11(12)6-10/h3-4,10-14H,1-2,5-9H2/t10-,11+,12+,13+/m1/s1. The van der Waals surface area contributed by atoms with Gasteiger partial charge < -0.3 is 10.1 Å². The number of nitrogens with one attached hydrogen (secondary N) is 1. The predicted molar refractivity (Wildman–Crippen MR) is 60.7 cm³/mol. The maximum absolute atomic E-state index is 5.60. The molecule has 0 aromatic rings. The molecule has 2 heteroatoms. The molecule has 15 heavy (non-hydrogen) atoms. The second kappa shape index (κ2) is 4.26. The van der Waals surface area contributed by atoms with E-state index in [-0.39, 0.29) is 0 Å². The van der Waals surface area contributed by atoms with E-state index in [1.807, 2.05) is 0 Å². The van der Waals surface area contributed by atoms with E-state index >= 15 is 0 Å². The van der Waals surface area contributed by atoms with E-state index < -0.39 is 0 Å². The Morgan fingerprint density at radius 1 is 1.20 bits per heavy atom. The lowest BCUT2D eigenvalue weighted by molar-refractivity contribution is 0.109. The normalized spacial score (nSPS) is 42.9. The largest absolute Gasteiger partial charge is 0.377 e. The summed E-state index contributed by atoms with van der Waals surface area (Å²) in [6.07, 6.45) is 10.7. The highest BCUT2D eigenvalue weighted by atomic mass is 16.5. The molecule has 0 aromatic carbocycles. The lowest BCUT2D eigenvalue weighted by atomic mass is 9.93. The van der Waals surface area contributed by atoms with Crippen molar-refractivity contribution in [1.82, 2.24) is 5.32 Å². The smallest absolute Gasteiger partial charge is 0.0700 e. The number of allylic oxidation sites excluding steroid dienone is 2. The molecule has 1 N–H and O–H groups in total. The van der Waals surface area contributed by atoms with Gasteiger partial charge in [-0.15, -0.1) is 0 Å². The third-order valence-electron chi connectivity index (χ3n) is 4.22. The van der Waals surface area contributed by atoms with Crippen molar-refractivity contribution in [2.75, 3.05) is 19.7 Å². The quantitative estimate of drug-likeness (QED) is 0.712. The minimum absolute atomic E-state index is 0.499. The molecule has 2 aliphatic carbocycles. The molecule has 2 nitrogen and oxygen atoms in total. The highest BCUT2D eigenvalue weighted by molar-refractivity contribution is 5.10. The molecule has 4 atom stereocenters. The van der Waals surface area contributed by atoms with Gasteiger partial charge in [-0.3, -0.25) is 0 Å². The van der Waals surface area contributed by atoms with Crippen molar-refractivity contribution in [3.8, 4) is 0 Å². The zero-order valence-electron chi connectivity index (χ0n) is 9.32. The van der Waals surface area contributed by atoms with Gasteiger partial charge in [0.2, 0.25) is 0 Å². The molecule has 1 saturated carbocycles. The van der Waals surface area contributed by atoms with E-state index in [4.69, 9.17) is 4.74 Å². The molecule has 3 aliphatic rings. The Labute approximate surface area is 92.1 Å². The fraction of sp³-hybridized carbons (Fsp3) is 0.846. The van der Waals surface area contributed by atoms with Crippen molar-refractivity contribution >= 4 is 0 Å². The number of fused-ring (bicyclic) bond motifs is 2. The Morgan fingerprint density at radius 2 is 2.20 bits per heavy atom. The van der Waals surface area contributed by atoms with Crippen LogP contribution in [0.4, 0.5) is 0 Å². The van der Waals surface area contributed by atoms with Crippen LogP contribution in [0.15, 0.2) is 12.2 Å². The second-order valence-electron chi connectivity index (χ2n) is 5.33. The van der Waals surface area contributed by atoms with Crippen LogP contribution in [0.5, 0.6) is 0 Å². The molecule has 1 aliphatic heterocycles. The average molecular weight is 207 g/mol. The van der Waals surface area contributed by atoms with E-state index in [0.29, 0.717) is 6.10 Å². The zero-order valence-corrected chi connectivity index (χ0v) is 9.32. The van der Waals surface area contributed by atoms with E-state index in [0.717, 1.165) is 30.9 Å². The third-order valence-corrected chi connectivity index (χ3v) is 4.22. The fourth-order valence-corrected chi connectivity index (χ4v) is 3.36. The second-order valence-corrected chi connectivity index (χ2v) is 5.33. The first-order valence-corrected chi connectivity index (χ1v) is 6.42. The number of rotatable bonds is 4. The summed E-state index contributed by atoms with van der Waals surface area (Å²) in [5.74, 6) is 2.69. The van der Waals surface area contributed by atoms with Gasteiger partial charge in [-0.2, -0.15) is 0 Å². The van der Waals surface area contributed by atoms with Crippen LogP contribution < -0.4 is 5.32 Å². The van der Waals surface area contributed by atoms with Gasteiger partial charge in [0.05, 0.1) is 6.10 Å². The minimum atomic E-state index is 0.499. The first-order valence-electron chi connectivity index (χ1n) is 6.42. The van der Waals surface area contributed by atoms with Gasteiger partial charge in [0.25, 0.3) is 0 Å². The average Bonchev–Trinajstić information content (AvgIpc) is 2.93. The van der Waals surface area contributed by atoms with Crippen molar-refractivity contribution in [2.45, 2.75) is 31.8 Å². The van der Waals surface area contributed by atoms with Gasteiger partial charge in [-0.1, -0.05) is 12.2 Å². The molecule has 0 spiro atoms. The summed E-state index contributed by atoms with van der Waals surface area (Å²) >= 11 is 0. The molecular formula is C13H21NO. The summed E-state index contributed by atoms with van der Waals surface area (Å²) in [5.41, 5.74) is 0. The molecule has 2 fully saturated rings. The van der Waals surface area contributed by atoms with Crippen LogP contribution in [-0.4, -0.2) is 25.8 Å². The molecule has 0 aromatic heterocycles. The highest BCUT2D eigenvalue weighted by Crippen LogP contribution is 2.42. The molecular weight excluding hydrogens is 186 g/mol. The SMILES string of the molecule is C1=C[C@H]2C[C@@H]1C[C@H]2CNC[C@@H]1CCCO1. The van der Waals surface area contributed by atoms with E-state index in [1.165, 1.54) is 32.2 Å². The molecule has 0 unspecified atom stereocenters. The summed E-state index contributed by atoms with van der Waals surface area (Å²) in [6, 6.07) is 0. The van der Waals surface area contributed by atoms with Gasteiger partial charge in [0.1, 0.15) is 0 Å². The molecule has 84 valence electrons. The van der Waals surface area contributed by atoms with Crippen molar-refractivity contribution in [2.24, 2.45) is 17.8 Å². The van der Waals surface area contributed by atoms with Crippen LogP contribution in [-0.2, 0) is 4.74 Å². The summed E-state index contributed by atoms with van der Waals surface area (Å²) in [7, 11) is 0. The third kappa shape index (κ3) is 2.11. The van der Waals surface area contributed by atoms with Gasteiger partial charge in [-0.05, 0) is 50.0 Å². The highest BCUT2D eigenvalue weighted by Gasteiger charge is 2.35. The Balaban J connectivity index is 1.38. The molecule has 0 amide bonds. The molecule has 3 rings (SSSR count). The Kier molecular flexibility index (Phi) is 2.80. The summed E-state index contributed by atoms with van der Waals surface area (Å²) in [5, 5.41) is 3.60. The Bertz CT molecular complexity index is 245. The van der Waals surface area contributed by atoms with Crippen LogP contribution in [0.2, 0.25) is 0 Å². The summed E-state index contributed by atoms with van der Waals surface area (Å²) in [6.45, 7) is 3.24. The van der Waals surface area contributed by atoms with E-state index in [9.17, 15) is 0 Å². The number of hydrogen-bond donors (Lipinski definition) is 1. The van der Waals surface area contributed by atoms with Gasteiger partial charge in [0, 0.05) is 13.2 Å². The van der Waals surface area contributed by atoms with Crippen LogP contribution >= 0.6 is 0 Å². The van der Waals surface area contributed by atoms with Crippen molar-refractivity contribution < 1.29 is 4.74 Å². The number of hydrogen-bond acceptors (Lipinski definition) is 2. The van der Waals surface area contributed by atoms with E-state index in [2.05, 4.69) is 17.5 Å². The first kappa shape index (κ1) is 9.86. The lowest BCUT2D eigenvalue weighted by Gasteiger charge is -2.19. The Hall–Kier alpha value is -0.340. The van der Waals surface area contributed by atoms with E-state index in [1.54, 1.807) is 0 Å². The summed E-state index contributed by atoms with van der Waals surface area (Å²) in [4.78, 5) is 0. The summed E-state index contributed by atoms with van der Waals surface area (Å²) < 4.78 is 5.60. The van der Waals surface area contributed by atoms with Gasteiger partial charge in [0.15, 0.2) is 0 Å². The topological polar surface area (TPSA) is 21.3 Å². The van der Waals surface area contributed by atoms with Crippen LogP contribution in [0.1, 0.15) is 25.7 Å². The van der Waals surface area contributed by atoms with Gasteiger partial charge in [-0.25, -0.2) is 0 Å². The monoisotopic (exact) mass is 207 g/mol. The maximum atomic E-state index is 5.60. The molecule has 2 bridgehead atoms. The van der Waals surface area contributed by atoms with Crippen LogP contribution in [0, 0.1) is 17.8 Å². The van der Waals surface area contributed by atoms with Gasteiger partial charge >= 0.3 is 0 Å². The van der Waals surface area contributed by atoms with Crippen LogP contribution in [0.3, 0.4) is 0 Å². The minimum Gasteiger partial charge on any atom is -0.377 e. The van der Waals surface area contributed by atoms with Crippen LogP contribution in [0.25, 0.3) is 0 Å². The van der Waals surface area contributed by atoms with Crippen molar-refractivity contribution in [3.63, 3.8) is 0 Å². The predicted octanol–water partition coefficient (Wildman–Crippen LogP) is 1.97. The number of ether oxygens (including phenoxy) is 1. The Morgan fingerprint density at radius 3 is 2.87 bits per heavy atom. The first-order chi connectivity index (χ1) is 7.42.